The molecule has 2 aromatic rings. The van der Waals surface area contributed by atoms with Crippen molar-refractivity contribution in [3.63, 3.8) is 0 Å². The Labute approximate surface area is 480 Å². The van der Waals surface area contributed by atoms with Crippen LogP contribution in [0.2, 0.25) is 0 Å². The average Bonchev–Trinajstić information content (AvgIpc) is 3.84. The molecule has 0 aromatic heterocycles. The third-order valence-corrected chi connectivity index (χ3v) is 21.5. The number of nitrogens with one attached hydrogen (secondary N) is 8. The molecular weight excluding hydrogens is 1060 g/mol. The van der Waals surface area contributed by atoms with E-state index in [9.17, 15) is 28.8 Å². The Balaban J connectivity index is 0.846. The molecule has 9 rings (SSSR count). The molecule has 12 atom stereocenters. The normalized spacial score (nSPS) is 31.8. The molecule has 424 valence electrons. The van der Waals surface area contributed by atoms with E-state index in [1.165, 1.54) is 0 Å². The molecule has 6 amide bonds. The Morgan fingerprint density at radius 1 is 0.538 bits per heavy atom. The Morgan fingerprint density at radius 3 is 1.28 bits per heavy atom. The average molecular weight is 1140 g/mol. The number of carbonyl (C=O) groups excluding carboxylic acids is 6. The van der Waals surface area contributed by atoms with Crippen LogP contribution in [0.4, 0.5) is 0 Å². The first-order chi connectivity index (χ1) is 37.2. The molecule has 5 fully saturated rings. The number of fused-ring (bicyclic) bond motifs is 4. The Bertz CT molecular complexity index is 2450. The van der Waals surface area contributed by atoms with Gasteiger partial charge in [0, 0.05) is 12.1 Å². The highest BCUT2D eigenvalue weighted by atomic mass is 32.2. The number of thiocarbonyl (C=S) groups is 2. The third-order valence-electron chi connectivity index (χ3n) is 18.1. The van der Waals surface area contributed by atoms with Crippen LogP contribution < -0.4 is 42.5 Å². The van der Waals surface area contributed by atoms with Gasteiger partial charge in [-0.15, -0.1) is 23.5 Å². The Hall–Kier alpha value is -4.34. The van der Waals surface area contributed by atoms with Gasteiger partial charge in [0.05, 0.1) is 56.7 Å². The van der Waals surface area contributed by atoms with Gasteiger partial charge in [0.1, 0.15) is 24.2 Å². The van der Waals surface area contributed by atoms with Crippen LogP contribution in [0.15, 0.2) is 48.5 Å². The zero-order chi connectivity index (χ0) is 55.8. The summed E-state index contributed by atoms with van der Waals surface area (Å²) in [6.45, 7) is 12.1. The largest absolute Gasteiger partial charge is 0.367 e. The molecule has 0 radical (unpaired) electrons. The summed E-state index contributed by atoms with van der Waals surface area (Å²) in [5.74, 6) is -0.553. The lowest BCUT2D eigenvalue weighted by Crippen LogP contribution is -2.58. The van der Waals surface area contributed by atoms with E-state index in [1.807, 2.05) is 64.3 Å². The van der Waals surface area contributed by atoms with Crippen molar-refractivity contribution < 1.29 is 28.8 Å². The minimum absolute atomic E-state index is 0.112. The van der Waals surface area contributed by atoms with Gasteiger partial charge >= 0.3 is 0 Å². The molecule has 16 nitrogen and oxygen atoms in total. The molecule has 0 bridgehead atoms. The zero-order valence-corrected chi connectivity index (χ0v) is 49.8. The molecule has 20 heteroatoms. The van der Waals surface area contributed by atoms with E-state index in [0.717, 1.165) is 33.8 Å². The molecule has 1 saturated carbocycles. The van der Waals surface area contributed by atoms with Crippen molar-refractivity contribution >= 4 is 93.4 Å². The predicted molar refractivity (Wildman–Crippen MR) is 316 cm³/mol. The number of aryl methyl sites for hydroxylation is 2. The van der Waals surface area contributed by atoms with Crippen molar-refractivity contribution in [2.45, 2.75) is 190 Å². The first-order valence-corrected chi connectivity index (χ1v) is 31.3. The van der Waals surface area contributed by atoms with Crippen molar-refractivity contribution in [1.82, 2.24) is 52.3 Å². The van der Waals surface area contributed by atoms with E-state index >= 15 is 0 Å². The summed E-state index contributed by atoms with van der Waals surface area (Å²) in [4.78, 5) is 92.7. The molecule has 0 unspecified atom stereocenters. The first-order valence-electron chi connectivity index (χ1n) is 28.4. The van der Waals surface area contributed by atoms with Crippen LogP contribution in [0.25, 0.3) is 0 Å². The van der Waals surface area contributed by atoms with Gasteiger partial charge < -0.3 is 52.3 Å². The molecule has 3 aliphatic carbocycles. The second-order valence-electron chi connectivity index (χ2n) is 24.3. The van der Waals surface area contributed by atoms with Gasteiger partial charge in [-0.1, -0.05) is 101 Å². The fraction of sp³-hybridized carbons (Fsp3) is 0.655. The van der Waals surface area contributed by atoms with Gasteiger partial charge in [0.2, 0.25) is 35.4 Å². The standard InChI is InChI=1S/C58H82N10O6S4/c1-31(59-7)53(75)63-41-25-27-77-43-29-57(3,4)47(67(43)55(41)73)51(71)65-45-37-15-11-9-13-33(37)17-23-39(45)49(69)61-35-19-21-36(22-20-35)62-50(70)40-24-18-34-14-10-12-16-38(34)46(40)66-52(72)48-58(5,6)30-44-68(48)56(74)42(26-28-78-44)64-54(76)32(2)60-8/h9-16,31-32,35-36,39-48,59-60H,17-30H2,1-8H3,(H,61,69)(H,62,70)(H,63,75)(H,64,76)(H,65,71)(H,66,72)/t31-,32-,35?,36?,39+,40+,41-,42-,43-,44-,45-,46-,47+,48+/m0/s1. The number of benzene rings is 2. The van der Waals surface area contributed by atoms with Crippen LogP contribution in [0.5, 0.6) is 0 Å². The van der Waals surface area contributed by atoms with E-state index in [-0.39, 0.29) is 70.4 Å². The molecule has 7 aliphatic rings. The quantitative estimate of drug-likeness (QED) is 0.113. The maximum atomic E-state index is 14.9. The van der Waals surface area contributed by atoms with E-state index in [0.29, 0.717) is 87.0 Å². The second-order valence-corrected chi connectivity index (χ2v) is 27.7. The number of amides is 6. The Morgan fingerprint density at radius 2 is 0.910 bits per heavy atom. The molecule has 8 N–H and O–H groups in total. The summed E-state index contributed by atoms with van der Waals surface area (Å²) in [7, 11) is 3.66. The van der Waals surface area contributed by atoms with Crippen LogP contribution in [0.3, 0.4) is 0 Å². The summed E-state index contributed by atoms with van der Waals surface area (Å²) in [6.07, 6.45) is 7.68. The topological polar surface area (TPSA) is 205 Å². The monoisotopic (exact) mass is 1140 g/mol. The summed E-state index contributed by atoms with van der Waals surface area (Å²) < 4.78 is 0. The highest BCUT2D eigenvalue weighted by Crippen LogP contribution is 2.49. The molecule has 78 heavy (non-hydrogen) atoms. The van der Waals surface area contributed by atoms with Crippen LogP contribution in [0.1, 0.15) is 140 Å². The summed E-state index contributed by atoms with van der Waals surface area (Å²) in [5.41, 5.74) is 2.98. The highest BCUT2D eigenvalue weighted by molar-refractivity contribution is 8.00. The van der Waals surface area contributed by atoms with E-state index in [1.54, 1.807) is 33.3 Å². The van der Waals surface area contributed by atoms with Crippen LogP contribution in [-0.4, -0.2) is 140 Å². The minimum Gasteiger partial charge on any atom is -0.367 e. The van der Waals surface area contributed by atoms with E-state index < -0.39 is 58.9 Å². The van der Waals surface area contributed by atoms with E-state index in [2.05, 4.69) is 82.4 Å². The number of nitrogens with zero attached hydrogens (tertiary/aromatic N) is 2. The lowest BCUT2D eigenvalue weighted by atomic mass is 9.77. The van der Waals surface area contributed by atoms with Crippen molar-refractivity contribution in [2.24, 2.45) is 22.7 Å². The van der Waals surface area contributed by atoms with Crippen molar-refractivity contribution in [2.75, 3.05) is 25.6 Å². The maximum Gasteiger partial charge on any atom is 0.246 e. The predicted octanol–water partition coefficient (Wildman–Crippen LogP) is 5.34. The number of likely N-dealkylation sites (N-methyl/N-ethyl adjacent to an activating group) is 2. The van der Waals surface area contributed by atoms with Gasteiger partial charge in [0.15, 0.2) is 0 Å². The second kappa shape index (κ2) is 24.4. The molecule has 4 saturated heterocycles. The minimum atomic E-state index is -0.747. The highest BCUT2D eigenvalue weighted by Gasteiger charge is 2.57. The number of hydrogen-bond acceptors (Lipinski definition) is 12. The summed E-state index contributed by atoms with van der Waals surface area (Å²) in [5, 5.41) is 26.1. The van der Waals surface area contributed by atoms with Gasteiger partial charge in [-0.2, -0.15) is 0 Å². The lowest BCUT2D eigenvalue weighted by molar-refractivity contribution is -0.143. The fourth-order valence-corrected chi connectivity index (χ4v) is 17.1. The van der Waals surface area contributed by atoms with E-state index in [4.69, 9.17) is 24.4 Å². The SMILES string of the molecule is CN[C@@H](C)C(=S)N[C@H]1CCS[C@H]2CC(C)(C)[C@@H](C(=O)N[C@H]3c4ccccc4CC[C@H]3C(=O)NC3CCC(NC(=O)[C@@H]4CCc5ccccc5[C@@H]4NC(=O)[C@H]4N5C(=O)[C@@H](NC(=S)[C@H](C)NC)CCS[C@H]5CC4(C)C)CC3)N2C1=O. The van der Waals surface area contributed by atoms with Crippen molar-refractivity contribution in [3.05, 3.63) is 70.8 Å². The third kappa shape index (κ3) is 12.1. The molecule has 2 aromatic carbocycles. The van der Waals surface area contributed by atoms with Gasteiger partial charge in [-0.3, -0.25) is 28.8 Å². The molecular formula is C58H82N10O6S4. The number of rotatable bonds is 14. The van der Waals surface area contributed by atoms with Crippen LogP contribution >= 0.6 is 48.0 Å². The number of hydrogen-bond donors (Lipinski definition) is 8. The molecule has 4 aliphatic heterocycles. The van der Waals surface area contributed by atoms with Crippen molar-refractivity contribution in [3.8, 4) is 0 Å². The molecule has 0 spiro atoms. The summed E-state index contributed by atoms with van der Waals surface area (Å²) >= 11 is 14.7. The Kier molecular flexibility index (Phi) is 18.2. The summed E-state index contributed by atoms with van der Waals surface area (Å²) in [6, 6.07) is 11.8. The van der Waals surface area contributed by atoms with Gasteiger partial charge in [-0.25, -0.2) is 0 Å². The lowest BCUT2D eigenvalue weighted by Gasteiger charge is -2.39. The fourth-order valence-electron chi connectivity index (χ4n) is 13.5. The molecule has 4 heterocycles. The van der Waals surface area contributed by atoms with Crippen molar-refractivity contribution in [1.29, 1.82) is 0 Å². The smallest absolute Gasteiger partial charge is 0.246 e. The first kappa shape index (κ1) is 58.3. The number of thioether (sulfide) groups is 2. The van der Waals surface area contributed by atoms with Gasteiger partial charge in [0.25, 0.3) is 0 Å². The van der Waals surface area contributed by atoms with Gasteiger partial charge in [-0.05, 0) is 150 Å². The number of carbonyl (C=O) groups is 6. The zero-order valence-electron chi connectivity index (χ0n) is 46.6. The maximum absolute atomic E-state index is 14.9. The van der Waals surface area contributed by atoms with Crippen LogP contribution in [0, 0.1) is 22.7 Å². The van der Waals surface area contributed by atoms with Crippen LogP contribution in [-0.2, 0) is 41.6 Å².